The maximum absolute atomic E-state index is 5.25. The molecule has 7 aromatic carbocycles. The van der Waals surface area contributed by atoms with Crippen LogP contribution in [-0.2, 0) is 0 Å². The molecule has 50 heavy (non-hydrogen) atoms. The lowest BCUT2D eigenvalue weighted by Gasteiger charge is -2.13. The molecule has 0 N–H and O–H groups in total. The first-order chi connectivity index (χ1) is 24.8. The van der Waals surface area contributed by atoms with Crippen molar-refractivity contribution in [2.24, 2.45) is 0 Å². The normalized spacial score (nSPS) is 11.6. The van der Waals surface area contributed by atoms with Gasteiger partial charge >= 0.3 is 0 Å². The molecule has 5 nitrogen and oxygen atoms in total. The fourth-order valence-corrected chi connectivity index (χ4v) is 7.28. The van der Waals surface area contributed by atoms with Crippen LogP contribution in [0.1, 0.15) is 0 Å². The van der Waals surface area contributed by atoms with Gasteiger partial charge in [0.2, 0.25) is 11.9 Å². The van der Waals surface area contributed by atoms with Crippen molar-refractivity contribution < 1.29 is 0 Å². The molecule has 0 radical (unpaired) electrons. The minimum atomic E-state index is 0.573. The topological polar surface area (TPSA) is 48.5 Å². The highest BCUT2D eigenvalue weighted by Crippen LogP contribution is 2.35. The fourth-order valence-electron chi connectivity index (χ4n) is 7.28. The number of para-hydroxylation sites is 4. The summed E-state index contributed by atoms with van der Waals surface area (Å²) in [6, 6.07) is 61.5. The molecule has 0 saturated heterocycles. The van der Waals surface area contributed by atoms with Crippen LogP contribution in [0.4, 0.5) is 0 Å². The molecular weight excluding hydrogens is 611 g/mol. The minimum Gasteiger partial charge on any atom is -0.278 e. The summed E-state index contributed by atoms with van der Waals surface area (Å²) < 4.78 is 4.33. The summed E-state index contributed by atoms with van der Waals surface area (Å²) in [5.41, 5.74) is 9.79. The van der Waals surface area contributed by atoms with Gasteiger partial charge in [0, 0.05) is 27.1 Å². The van der Waals surface area contributed by atoms with Crippen LogP contribution in [0.2, 0.25) is 0 Å². The standard InChI is InChI=1S/C45H29N5/c1-2-13-30(14-3-1)33-15-12-16-34(29-33)31-25-27-32(28-26-31)43-46-44(49-39-21-8-4-17-35(39)36-18-5-9-22-40(36)49)48-45(47-43)50-41-23-10-6-19-37(41)38-20-7-11-24-42(38)50/h1-29H. The molecule has 0 aliphatic carbocycles. The van der Waals surface area contributed by atoms with Gasteiger partial charge in [-0.15, -0.1) is 0 Å². The summed E-state index contributed by atoms with van der Waals surface area (Å²) in [5.74, 6) is 1.76. The van der Waals surface area contributed by atoms with Gasteiger partial charge in [0.25, 0.3) is 0 Å². The van der Waals surface area contributed by atoms with Crippen LogP contribution in [-0.4, -0.2) is 24.1 Å². The summed E-state index contributed by atoms with van der Waals surface area (Å²) in [5, 5.41) is 4.63. The lowest BCUT2D eigenvalue weighted by atomic mass is 9.98. The van der Waals surface area contributed by atoms with E-state index < -0.39 is 0 Å². The van der Waals surface area contributed by atoms with E-state index >= 15 is 0 Å². The molecule has 0 aliphatic rings. The van der Waals surface area contributed by atoms with Crippen LogP contribution in [0.15, 0.2) is 176 Å². The Labute approximate surface area is 288 Å². The molecule has 0 bridgehead atoms. The van der Waals surface area contributed by atoms with Gasteiger partial charge in [-0.25, -0.2) is 0 Å². The smallest absolute Gasteiger partial charge is 0.240 e. The van der Waals surface area contributed by atoms with Crippen LogP contribution >= 0.6 is 0 Å². The second-order valence-corrected chi connectivity index (χ2v) is 12.5. The Morgan fingerprint density at radius 1 is 0.280 bits per heavy atom. The van der Waals surface area contributed by atoms with Crippen LogP contribution in [0.25, 0.3) is 89.2 Å². The third-order valence-electron chi connectivity index (χ3n) is 9.62. The Morgan fingerprint density at radius 3 is 1.10 bits per heavy atom. The van der Waals surface area contributed by atoms with E-state index in [1.54, 1.807) is 0 Å². The van der Waals surface area contributed by atoms with E-state index in [9.17, 15) is 0 Å². The molecule has 0 amide bonds. The number of benzene rings is 7. The van der Waals surface area contributed by atoms with Gasteiger partial charge in [-0.3, -0.25) is 9.13 Å². The number of aromatic nitrogens is 5. The lowest BCUT2D eigenvalue weighted by Crippen LogP contribution is -2.10. The Balaban J connectivity index is 1.18. The highest BCUT2D eigenvalue weighted by Gasteiger charge is 2.20. The van der Waals surface area contributed by atoms with E-state index in [0.717, 1.165) is 60.3 Å². The largest absolute Gasteiger partial charge is 0.278 e. The summed E-state index contributed by atoms with van der Waals surface area (Å²) in [6.45, 7) is 0. The van der Waals surface area contributed by atoms with E-state index in [1.165, 1.54) is 11.1 Å². The fraction of sp³-hybridized carbons (Fsp3) is 0. The van der Waals surface area contributed by atoms with Gasteiger partial charge < -0.3 is 0 Å². The molecule has 234 valence electrons. The minimum absolute atomic E-state index is 0.573. The molecule has 3 heterocycles. The first-order valence-corrected chi connectivity index (χ1v) is 16.8. The van der Waals surface area contributed by atoms with Crippen LogP contribution in [0, 0.1) is 0 Å². The van der Waals surface area contributed by atoms with Crippen LogP contribution < -0.4 is 0 Å². The molecule has 10 rings (SSSR count). The van der Waals surface area contributed by atoms with Crippen molar-refractivity contribution in [1.29, 1.82) is 0 Å². The number of fused-ring (bicyclic) bond motifs is 6. The van der Waals surface area contributed by atoms with Gasteiger partial charge in [-0.05, 0) is 52.6 Å². The second kappa shape index (κ2) is 11.4. The zero-order chi connectivity index (χ0) is 33.0. The summed E-state index contributed by atoms with van der Waals surface area (Å²) in [4.78, 5) is 15.7. The monoisotopic (exact) mass is 639 g/mol. The number of hydrogen-bond acceptors (Lipinski definition) is 3. The van der Waals surface area contributed by atoms with Gasteiger partial charge in [-0.2, -0.15) is 15.0 Å². The van der Waals surface area contributed by atoms with Crippen molar-refractivity contribution in [2.75, 3.05) is 0 Å². The Bertz CT molecular complexity index is 2630. The summed E-state index contributed by atoms with van der Waals surface area (Å²) >= 11 is 0. The average molecular weight is 640 g/mol. The van der Waals surface area contributed by atoms with Crippen LogP contribution in [0.5, 0.6) is 0 Å². The molecule has 0 saturated carbocycles. The number of rotatable bonds is 5. The zero-order valence-corrected chi connectivity index (χ0v) is 27.0. The quantitative estimate of drug-likeness (QED) is 0.188. The van der Waals surface area contributed by atoms with Crippen molar-refractivity contribution >= 4 is 43.6 Å². The van der Waals surface area contributed by atoms with Crippen molar-refractivity contribution in [2.45, 2.75) is 0 Å². The molecule has 3 aromatic heterocycles. The second-order valence-electron chi connectivity index (χ2n) is 12.5. The van der Waals surface area contributed by atoms with E-state index in [0.29, 0.717) is 17.7 Å². The van der Waals surface area contributed by atoms with Crippen molar-refractivity contribution in [1.82, 2.24) is 24.1 Å². The van der Waals surface area contributed by atoms with Gasteiger partial charge in [0.1, 0.15) is 0 Å². The molecule has 0 atom stereocenters. The predicted octanol–water partition coefficient (Wildman–Crippen LogP) is 11.1. The van der Waals surface area contributed by atoms with E-state index in [4.69, 9.17) is 15.0 Å². The van der Waals surface area contributed by atoms with Gasteiger partial charge in [0.15, 0.2) is 5.82 Å². The first kappa shape index (κ1) is 28.2. The zero-order valence-electron chi connectivity index (χ0n) is 27.0. The maximum Gasteiger partial charge on any atom is 0.240 e. The van der Waals surface area contributed by atoms with E-state index in [1.807, 2.05) is 6.07 Å². The highest BCUT2D eigenvalue weighted by molar-refractivity contribution is 6.10. The molecule has 0 fully saturated rings. The molecule has 0 unspecified atom stereocenters. The molecule has 0 spiro atoms. The van der Waals surface area contributed by atoms with Gasteiger partial charge in [-0.1, -0.05) is 146 Å². The number of hydrogen-bond donors (Lipinski definition) is 0. The first-order valence-electron chi connectivity index (χ1n) is 16.8. The third kappa shape index (κ3) is 4.52. The SMILES string of the molecule is c1ccc(-c2cccc(-c3ccc(-c4nc(-n5c6ccccc6c6ccccc65)nc(-n5c6ccccc6c6ccccc65)n4)cc3)c2)cc1. The summed E-state index contributed by atoms with van der Waals surface area (Å²) in [6.07, 6.45) is 0. The number of nitrogens with zero attached hydrogens (tertiary/aromatic N) is 5. The van der Waals surface area contributed by atoms with Crippen molar-refractivity contribution in [3.63, 3.8) is 0 Å². The maximum atomic E-state index is 5.25. The predicted molar refractivity (Wildman–Crippen MR) is 205 cm³/mol. The van der Waals surface area contributed by atoms with Crippen LogP contribution in [0.3, 0.4) is 0 Å². The Morgan fingerprint density at radius 2 is 0.640 bits per heavy atom. The molecule has 5 heteroatoms. The molecular formula is C45H29N5. The van der Waals surface area contributed by atoms with E-state index in [2.05, 4.69) is 179 Å². The Hall–Kier alpha value is -6.85. The van der Waals surface area contributed by atoms with Gasteiger partial charge in [0.05, 0.1) is 22.1 Å². The Kier molecular flexibility index (Phi) is 6.42. The van der Waals surface area contributed by atoms with Crippen molar-refractivity contribution in [3.8, 4) is 45.5 Å². The van der Waals surface area contributed by atoms with Crippen molar-refractivity contribution in [3.05, 3.63) is 176 Å². The summed E-state index contributed by atoms with van der Waals surface area (Å²) in [7, 11) is 0. The molecule has 0 aliphatic heterocycles. The molecule has 10 aromatic rings. The average Bonchev–Trinajstić information content (AvgIpc) is 3.71. The lowest BCUT2D eigenvalue weighted by molar-refractivity contribution is 0.893. The van der Waals surface area contributed by atoms with E-state index in [-0.39, 0.29) is 0 Å². The third-order valence-corrected chi connectivity index (χ3v) is 9.62. The highest BCUT2D eigenvalue weighted by atomic mass is 15.3.